The highest BCUT2D eigenvalue weighted by molar-refractivity contribution is 5.96. The minimum absolute atomic E-state index is 0.162. The van der Waals surface area contributed by atoms with Gasteiger partial charge in [-0.05, 0) is 42.3 Å². The van der Waals surface area contributed by atoms with Crippen LogP contribution in [0.2, 0.25) is 0 Å². The molecule has 6 heteroatoms. The van der Waals surface area contributed by atoms with Crippen molar-refractivity contribution in [2.24, 2.45) is 5.10 Å². The first-order chi connectivity index (χ1) is 14.6. The third kappa shape index (κ3) is 6.60. The molecule has 0 atom stereocenters. The van der Waals surface area contributed by atoms with Crippen molar-refractivity contribution in [3.8, 4) is 5.75 Å². The Morgan fingerprint density at radius 1 is 0.967 bits per heavy atom. The van der Waals surface area contributed by atoms with Gasteiger partial charge in [0.25, 0.3) is 11.8 Å². The Morgan fingerprint density at radius 2 is 1.77 bits per heavy atom. The van der Waals surface area contributed by atoms with Gasteiger partial charge in [-0.15, -0.1) is 0 Å². The zero-order valence-corrected chi connectivity index (χ0v) is 16.7. The van der Waals surface area contributed by atoms with Crippen LogP contribution in [0.5, 0.6) is 5.75 Å². The Kier molecular flexibility index (Phi) is 7.33. The molecule has 0 aromatic heterocycles. The van der Waals surface area contributed by atoms with Gasteiger partial charge in [-0.2, -0.15) is 5.10 Å². The van der Waals surface area contributed by atoms with Gasteiger partial charge >= 0.3 is 0 Å². The van der Waals surface area contributed by atoms with E-state index < -0.39 is 5.91 Å². The average molecular weight is 401 g/mol. The zero-order chi connectivity index (χ0) is 21.2. The summed E-state index contributed by atoms with van der Waals surface area (Å²) in [6.45, 7) is 2.21. The maximum atomic E-state index is 12.1. The van der Waals surface area contributed by atoms with Crippen molar-refractivity contribution >= 4 is 18.0 Å². The SMILES string of the molecule is Cc1cccc(C(=O)NCC(=O)N/N=C/c2cccc(OCc3ccccc3)c2)c1. The molecule has 0 unspecified atom stereocenters. The first-order valence-corrected chi connectivity index (χ1v) is 9.54. The molecule has 3 aromatic carbocycles. The summed E-state index contributed by atoms with van der Waals surface area (Å²) in [4.78, 5) is 24.0. The second kappa shape index (κ2) is 10.6. The van der Waals surface area contributed by atoms with Crippen molar-refractivity contribution in [2.45, 2.75) is 13.5 Å². The molecule has 0 aliphatic heterocycles. The van der Waals surface area contributed by atoms with Gasteiger partial charge in [0.2, 0.25) is 0 Å². The van der Waals surface area contributed by atoms with Crippen LogP contribution < -0.4 is 15.5 Å². The molecule has 2 N–H and O–H groups in total. The van der Waals surface area contributed by atoms with Crippen LogP contribution in [0.4, 0.5) is 0 Å². The number of ether oxygens (including phenoxy) is 1. The van der Waals surface area contributed by atoms with Gasteiger partial charge in [0.1, 0.15) is 12.4 Å². The summed E-state index contributed by atoms with van der Waals surface area (Å²) in [6.07, 6.45) is 1.52. The molecule has 30 heavy (non-hydrogen) atoms. The van der Waals surface area contributed by atoms with Gasteiger partial charge in [0.15, 0.2) is 0 Å². The molecular formula is C24H23N3O3. The van der Waals surface area contributed by atoms with E-state index in [1.807, 2.05) is 67.6 Å². The lowest BCUT2D eigenvalue weighted by Crippen LogP contribution is -2.34. The van der Waals surface area contributed by atoms with E-state index >= 15 is 0 Å². The van der Waals surface area contributed by atoms with Crippen LogP contribution in [0.1, 0.15) is 27.0 Å². The summed E-state index contributed by atoms with van der Waals surface area (Å²) in [5, 5.41) is 6.51. The zero-order valence-electron chi connectivity index (χ0n) is 16.7. The maximum absolute atomic E-state index is 12.1. The summed E-state index contributed by atoms with van der Waals surface area (Å²) in [5.41, 5.74) is 5.75. The largest absolute Gasteiger partial charge is 0.489 e. The van der Waals surface area contributed by atoms with Crippen molar-refractivity contribution in [3.05, 3.63) is 101 Å². The third-order valence-corrected chi connectivity index (χ3v) is 4.20. The second-order valence-electron chi connectivity index (χ2n) is 6.69. The summed E-state index contributed by atoms with van der Waals surface area (Å²) in [5.74, 6) is -0.00983. The standard InChI is InChI=1S/C24H23N3O3/c1-18-7-5-11-21(13-18)24(29)25-16-23(28)27-26-15-20-10-6-12-22(14-20)30-17-19-8-3-2-4-9-19/h2-15H,16-17H2,1H3,(H,25,29)(H,27,28)/b26-15+. The van der Waals surface area contributed by atoms with Gasteiger partial charge in [0.05, 0.1) is 12.8 Å². The number of hydrogen-bond donors (Lipinski definition) is 2. The van der Waals surface area contributed by atoms with Crippen LogP contribution in [0.25, 0.3) is 0 Å². The molecule has 0 radical (unpaired) electrons. The normalized spacial score (nSPS) is 10.6. The van der Waals surface area contributed by atoms with E-state index in [1.165, 1.54) is 6.21 Å². The highest BCUT2D eigenvalue weighted by atomic mass is 16.5. The number of aryl methyl sites for hydroxylation is 1. The van der Waals surface area contributed by atoms with E-state index in [9.17, 15) is 9.59 Å². The molecule has 3 aromatic rings. The topological polar surface area (TPSA) is 79.8 Å². The highest BCUT2D eigenvalue weighted by Gasteiger charge is 2.07. The number of hydrazone groups is 1. The van der Waals surface area contributed by atoms with Crippen molar-refractivity contribution in [1.82, 2.24) is 10.7 Å². The molecule has 0 aliphatic carbocycles. The van der Waals surface area contributed by atoms with Crippen molar-refractivity contribution in [2.75, 3.05) is 6.54 Å². The van der Waals surface area contributed by atoms with E-state index in [0.717, 1.165) is 16.7 Å². The fourth-order valence-electron chi connectivity index (χ4n) is 2.69. The van der Waals surface area contributed by atoms with Crippen molar-refractivity contribution < 1.29 is 14.3 Å². The number of hydrogen-bond acceptors (Lipinski definition) is 4. The summed E-state index contributed by atoms with van der Waals surface area (Å²) in [6, 6.07) is 24.4. The lowest BCUT2D eigenvalue weighted by molar-refractivity contribution is -0.120. The van der Waals surface area contributed by atoms with Gasteiger partial charge < -0.3 is 10.1 Å². The monoisotopic (exact) mass is 401 g/mol. The number of rotatable bonds is 8. The average Bonchev–Trinajstić information content (AvgIpc) is 2.77. The molecule has 0 aliphatic rings. The minimum Gasteiger partial charge on any atom is -0.489 e. The molecule has 0 fully saturated rings. The predicted molar refractivity (Wildman–Crippen MR) is 116 cm³/mol. The highest BCUT2D eigenvalue weighted by Crippen LogP contribution is 2.14. The number of nitrogens with zero attached hydrogens (tertiary/aromatic N) is 1. The molecule has 2 amide bonds. The number of carbonyl (C=O) groups excluding carboxylic acids is 2. The molecule has 0 spiro atoms. The predicted octanol–water partition coefficient (Wildman–Crippen LogP) is 3.45. The fraction of sp³-hybridized carbons (Fsp3) is 0.125. The Morgan fingerprint density at radius 3 is 2.57 bits per heavy atom. The Balaban J connectivity index is 1.45. The van der Waals surface area contributed by atoms with Gasteiger partial charge in [-0.25, -0.2) is 5.43 Å². The summed E-state index contributed by atoms with van der Waals surface area (Å²) >= 11 is 0. The van der Waals surface area contributed by atoms with E-state index in [-0.39, 0.29) is 12.5 Å². The maximum Gasteiger partial charge on any atom is 0.259 e. The van der Waals surface area contributed by atoms with Gasteiger partial charge in [-0.3, -0.25) is 9.59 Å². The van der Waals surface area contributed by atoms with Crippen LogP contribution in [0.3, 0.4) is 0 Å². The molecule has 0 bridgehead atoms. The molecule has 0 saturated carbocycles. The minimum atomic E-state index is -0.413. The van der Waals surface area contributed by atoms with E-state index in [2.05, 4.69) is 15.8 Å². The molecule has 0 heterocycles. The summed E-state index contributed by atoms with van der Waals surface area (Å²) < 4.78 is 5.78. The third-order valence-electron chi connectivity index (χ3n) is 4.20. The molecule has 3 rings (SSSR count). The Bertz CT molecular complexity index is 1030. The number of carbonyl (C=O) groups is 2. The second-order valence-corrected chi connectivity index (χ2v) is 6.69. The molecule has 0 saturated heterocycles. The first kappa shape index (κ1) is 20.8. The number of benzene rings is 3. The Hall–Kier alpha value is -3.93. The van der Waals surface area contributed by atoms with E-state index in [4.69, 9.17) is 4.74 Å². The lowest BCUT2D eigenvalue weighted by Gasteiger charge is -2.07. The molecule has 6 nitrogen and oxygen atoms in total. The Labute approximate surface area is 175 Å². The van der Waals surface area contributed by atoms with E-state index in [0.29, 0.717) is 17.9 Å². The van der Waals surface area contributed by atoms with Crippen LogP contribution >= 0.6 is 0 Å². The smallest absolute Gasteiger partial charge is 0.259 e. The summed E-state index contributed by atoms with van der Waals surface area (Å²) in [7, 11) is 0. The van der Waals surface area contributed by atoms with E-state index in [1.54, 1.807) is 18.2 Å². The van der Waals surface area contributed by atoms with Gasteiger partial charge in [-0.1, -0.05) is 60.2 Å². The van der Waals surface area contributed by atoms with Gasteiger partial charge in [0, 0.05) is 5.56 Å². The lowest BCUT2D eigenvalue weighted by atomic mass is 10.1. The first-order valence-electron chi connectivity index (χ1n) is 9.54. The number of amides is 2. The van der Waals surface area contributed by atoms with Crippen LogP contribution in [-0.2, 0) is 11.4 Å². The quantitative estimate of drug-likeness (QED) is 0.448. The van der Waals surface area contributed by atoms with Crippen LogP contribution in [-0.4, -0.2) is 24.6 Å². The fourth-order valence-corrected chi connectivity index (χ4v) is 2.69. The number of nitrogens with one attached hydrogen (secondary N) is 2. The van der Waals surface area contributed by atoms with Crippen LogP contribution in [0.15, 0.2) is 84.0 Å². The molecular weight excluding hydrogens is 378 g/mol. The van der Waals surface area contributed by atoms with Crippen molar-refractivity contribution in [3.63, 3.8) is 0 Å². The van der Waals surface area contributed by atoms with Crippen LogP contribution in [0, 0.1) is 6.92 Å². The molecule has 152 valence electrons. The van der Waals surface area contributed by atoms with Crippen molar-refractivity contribution in [1.29, 1.82) is 0 Å².